The molecule has 15 heavy (non-hydrogen) atoms. The first-order valence-corrected chi connectivity index (χ1v) is 6.33. The van der Waals surface area contributed by atoms with Crippen molar-refractivity contribution in [2.75, 3.05) is 6.61 Å². The molecular weight excluding hydrogens is 188 g/mol. The van der Waals surface area contributed by atoms with Crippen LogP contribution in [0.4, 0.5) is 0 Å². The van der Waals surface area contributed by atoms with Gasteiger partial charge in [0.25, 0.3) is 0 Å². The Kier molecular flexibility index (Phi) is 1.87. The first kappa shape index (κ1) is 10.1. The maximum atomic E-state index is 6.26. The van der Waals surface area contributed by atoms with Gasteiger partial charge in [-0.05, 0) is 32.6 Å². The van der Waals surface area contributed by atoms with Crippen LogP contribution in [0.2, 0.25) is 0 Å². The smallest absolute Gasteiger partial charge is 0.179 e. The summed E-state index contributed by atoms with van der Waals surface area (Å²) in [6.45, 7) is 7.66. The van der Waals surface area contributed by atoms with Crippen LogP contribution in [0.5, 0.6) is 0 Å². The lowest BCUT2D eigenvalue weighted by Crippen LogP contribution is -2.55. The number of rotatable bonds is 0. The molecule has 86 valence electrons. The second-order valence-corrected chi connectivity index (χ2v) is 6.33. The fourth-order valence-corrected chi connectivity index (χ4v) is 4.28. The molecule has 0 aromatic heterocycles. The zero-order valence-electron chi connectivity index (χ0n) is 10.1. The van der Waals surface area contributed by atoms with Crippen LogP contribution in [0, 0.1) is 10.8 Å². The molecule has 3 unspecified atom stereocenters. The fourth-order valence-electron chi connectivity index (χ4n) is 4.28. The minimum atomic E-state index is -0.252. The van der Waals surface area contributed by atoms with Crippen LogP contribution in [0.3, 0.4) is 0 Å². The second kappa shape index (κ2) is 2.78. The predicted octanol–water partition coefficient (Wildman–Crippen LogP) is 3.11. The van der Waals surface area contributed by atoms with Gasteiger partial charge in [-0.3, -0.25) is 0 Å². The van der Waals surface area contributed by atoms with E-state index < -0.39 is 0 Å². The Balaban J connectivity index is 2.05. The van der Waals surface area contributed by atoms with Crippen molar-refractivity contribution >= 4 is 0 Å². The third kappa shape index (κ3) is 1.03. The highest BCUT2D eigenvalue weighted by molar-refractivity contribution is 5.12. The van der Waals surface area contributed by atoms with Crippen molar-refractivity contribution in [3.05, 3.63) is 0 Å². The molecular formula is C13H22O2. The van der Waals surface area contributed by atoms with E-state index in [1.54, 1.807) is 0 Å². The van der Waals surface area contributed by atoms with Crippen LogP contribution in [0.1, 0.15) is 52.9 Å². The Morgan fingerprint density at radius 1 is 1.00 bits per heavy atom. The van der Waals surface area contributed by atoms with E-state index in [4.69, 9.17) is 9.47 Å². The van der Waals surface area contributed by atoms with E-state index in [0.717, 1.165) is 6.61 Å². The highest BCUT2D eigenvalue weighted by Gasteiger charge is 2.69. The van der Waals surface area contributed by atoms with Crippen molar-refractivity contribution in [2.24, 2.45) is 10.8 Å². The lowest BCUT2D eigenvalue weighted by Gasteiger charge is -2.51. The molecule has 2 heteroatoms. The minimum absolute atomic E-state index is 0.252. The standard InChI is InChI=1S/C13H22O2/c1-10-9-14-13(15-10)11(2)5-4-6-12(13,3)8-7-11/h10H,4-9H2,1-3H3. The summed E-state index contributed by atoms with van der Waals surface area (Å²) in [5, 5.41) is 0. The zero-order valence-corrected chi connectivity index (χ0v) is 10.1. The molecule has 1 heterocycles. The van der Waals surface area contributed by atoms with Gasteiger partial charge >= 0.3 is 0 Å². The van der Waals surface area contributed by atoms with Crippen LogP contribution >= 0.6 is 0 Å². The quantitative estimate of drug-likeness (QED) is 0.611. The molecule has 0 aromatic carbocycles. The van der Waals surface area contributed by atoms with E-state index in [1.165, 1.54) is 32.1 Å². The molecule has 3 aliphatic rings. The topological polar surface area (TPSA) is 18.5 Å². The van der Waals surface area contributed by atoms with Crippen LogP contribution in [0.15, 0.2) is 0 Å². The molecule has 1 saturated heterocycles. The third-order valence-corrected chi connectivity index (χ3v) is 5.16. The summed E-state index contributed by atoms with van der Waals surface area (Å²) >= 11 is 0. The molecule has 0 aromatic rings. The number of hydrogen-bond donors (Lipinski definition) is 0. The van der Waals surface area contributed by atoms with Gasteiger partial charge in [0.2, 0.25) is 0 Å². The van der Waals surface area contributed by atoms with E-state index in [0.29, 0.717) is 0 Å². The van der Waals surface area contributed by atoms with Crippen LogP contribution in [0.25, 0.3) is 0 Å². The van der Waals surface area contributed by atoms with Crippen molar-refractivity contribution in [2.45, 2.75) is 64.8 Å². The Morgan fingerprint density at radius 2 is 1.60 bits per heavy atom. The molecule has 3 rings (SSSR count). The van der Waals surface area contributed by atoms with Crippen LogP contribution < -0.4 is 0 Å². The molecule has 2 nitrogen and oxygen atoms in total. The summed E-state index contributed by atoms with van der Waals surface area (Å²) in [5.74, 6) is -0.252. The Labute approximate surface area is 92.3 Å². The van der Waals surface area contributed by atoms with E-state index >= 15 is 0 Å². The average Bonchev–Trinajstić information content (AvgIpc) is 2.60. The van der Waals surface area contributed by atoms with Gasteiger partial charge in [-0.25, -0.2) is 0 Å². The first-order valence-electron chi connectivity index (χ1n) is 6.33. The monoisotopic (exact) mass is 210 g/mol. The number of hydrogen-bond acceptors (Lipinski definition) is 2. The van der Waals surface area contributed by atoms with E-state index in [1.807, 2.05) is 0 Å². The van der Waals surface area contributed by atoms with Crippen molar-refractivity contribution in [1.82, 2.24) is 0 Å². The van der Waals surface area contributed by atoms with Gasteiger partial charge in [-0.15, -0.1) is 0 Å². The van der Waals surface area contributed by atoms with Crippen molar-refractivity contribution in [3.8, 4) is 0 Å². The average molecular weight is 210 g/mol. The van der Waals surface area contributed by atoms with Crippen LogP contribution in [-0.2, 0) is 9.47 Å². The van der Waals surface area contributed by atoms with Crippen molar-refractivity contribution in [3.63, 3.8) is 0 Å². The van der Waals surface area contributed by atoms with Crippen molar-refractivity contribution < 1.29 is 9.47 Å². The summed E-state index contributed by atoms with van der Waals surface area (Å²) in [4.78, 5) is 0. The molecule has 1 aliphatic heterocycles. The predicted molar refractivity (Wildman–Crippen MR) is 58.5 cm³/mol. The molecule has 2 bridgehead atoms. The van der Waals surface area contributed by atoms with E-state index in [-0.39, 0.29) is 22.7 Å². The van der Waals surface area contributed by atoms with Crippen LogP contribution in [-0.4, -0.2) is 18.5 Å². The SMILES string of the molecule is CC1COC2(O1)C1(C)CCCC2(C)CC1. The molecule has 2 aliphatic carbocycles. The maximum absolute atomic E-state index is 6.26. The first-order chi connectivity index (χ1) is 7.02. The van der Waals surface area contributed by atoms with Gasteiger partial charge in [0.15, 0.2) is 5.79 Å². The summed E-state index contributed by atoms with van der Waals surface area (Å²) in [5.41, 5.74) is 0.537. The highest BCUT2D eigenvalue weighted by atomic mass is 16.7. The van der Waals surface area contributed by atoms with E-state index in [2.05, 4.69) is 20.8 Å². The summed E-state index contributed by atoms with van der Waals surface area (Å²) in [7, 11) is 0. The summed E-state index contributed by atoms with van der Waals surface area (Å²) in [6.07, 6.45) is 6.72. The molecule has 0 radical (unpaired) electrons. The largest absolute Gasteiger partial charge is 0.346 e. The van der Waals surface area contributed by atoms with Gasteiger partial charge in [0.1, 0.15) is 0 Å². The minimum Gasteiger partial charge on any atom is -0.346 e. The Bertz CT molecular complexity index is 270. The van der Waals surface area contributed by atoms with Gasteiger partial charge in [-0.2, -0.15) is 0 Å². The third-order valence-electron chi connectivity index (χ3n) is 5.16. The van der Waals surface area contributed by atoms with Gasteiger partial charge in [0, 0.05) is 10.8 Å². The molecule has 3 fully saturated rings. The second-order valence-electron chi connectivity index (χ2n) is 6.33. The molecule has 3 atom stereocenters. The van der Waals surface area contributed by atoms with E-state index in [9.17, 15) is 0 Å². The highest BCUT2D eigenvalue weighted by Crippen LogP contribution is 2.67. The van der Waals surface area contributed by atoms with Crippen molar-refractivity contribution in [1.29, 1.82) is 0 Å². The zero-order chi connectivity index (χ0) is 10.7. The lowest BCUT2D eigenvalue weighted by molar-refractivity contribution is -0.291. The lowest BCUT2D eigenvalue weighted by atomic mass is 9.65. The fraction of sp³-hybridized carbons (Fsp3) is 1.00. The molecule has 2 saturated carbocycles. The van der Waals surface area contributed by atoms with Gasteiger partial charge in [0.05, 0.1) is 12.7 Å². The maximum Gasteiger partial charge on any atom is 0.179 e. The van der Waals surface area contributed by atoms with Gasteiger partial charge in [-0.1, -0.05) is 20.3 Å². The summed E-state index contributed by atoms with van der Waals surface area (Å²) < 4.78 is 12.4. The molecule has 1 spiro atoms. The summed E-state index contributed by atoms with van der Waals surface area (Å²) in [6, 6.07) is 0. The Hall–Kier alpha value is -0.0800. The molecule has 0 amide bonds. The number of ether oxygens (including phenoxy) is 2. The molecule has 0 N–H and O–H groups in total. The Morgan fingerprint density at radius 3 is 2.07 bits per heavy atom. The van der Waals surface area contributed by atoms with Gasteiger partial charge < -0.3 is 9.47 Å². The normalized spacial score (nSPS) is 59.0.